The maximum Gasteiger partial charge on any atom is 0.352 e. The maximum absolute atomic E-state index is 13.6. The number of aromatic nitrogens is 3. The van der Waals surface area contributed by atoms with Gasteiger partial charge in [0.05, 0.1) is 0 Å². The van der Waals surface area contributed by atoms with Gasteiger partial charge in [0.25, 0.3) is 0 Å². The van der Waals surface area contributed by atoms with Gasteiger partial charge in [0.1, 0.15) is 17.3 Å². The molecule has 0 unspecified atom stereocenters. The van der Waals surface area contributed by atoms with Crippen LogP contribution in [0.2, 0.25) is 0 Å². The molecule has 0 aliphatic carbocycles. The number of nitrogens with zero attached hydrogens (tertiary/aromatic N) is 3. The Morgan fingerprint density at radius 3 is 2.94 bits per heavy atom. The van der Waals surface area contributed by atoms with Crippen molar-refractivity contribution in [1.82, 2.24) is 14.3 Å². The van der Waals surface area contributed by atoms with Gasteiger partial charge < -0.3 is 5.32 Å². The van der Waals surface area contributed by atoms with Gasteiger partial charge in [-0.05, 0) is 18.6 Å². The summed E-state index contributed by atoms with van der Waals surface area (Å²) in [4.78, 5) is 12.0. The van der Waals surface area contributed by atoms with Gasteiger partial charge in [-0.3, -0.25) is 4.57 Å². The molecule has 7 heteroatoms. The molecule has 0 fully saturated rings. The fourth-order valence-corrected chi connectivity index (χ4v) is 1.97. The fourth-order valence-electron chi connectivity index (χ4n) is 1.97. The Bertz CT molecular complexity index is 662. The first kappa shape index (κ1) is 10.9. The van der Waals surface area contributed by atoms with Crippen LogP contribution >= 0.6 is 0 Å². The molecule has 2 aromatic rings. The van der Waals surface area contributed by atoms with Crippen LogP contribution in [0.1, 0.15) is 6.42 Å². The number of hydrogen-bond donors (Lipinski definition) is 1. The monoisotopic (exact) mass is 252 g/mol. The highest BCUT2D eigenvalue weighted by atomic mass is 19.1. The van der Waals surface area contributed by atoms with Crippen molar-refractivity contribution in [2.24, 2.45) is 0 Å². The molecule has 2 heterocycles. The lowest BCUT2D eigenvalue weighted by Gasteiger charge is -2.12. The summed E-state index contributed by atoms with van der Waals surface area (Å²) in [5.41, 5.74) is -0.648. The molecular weight excluding hydrogens is 242 g/mol. The lowest BCUT2D eigenvalue weighted by atomic mass is 10.3. The van der Waals surface area contributed by atoms with E-state index >= 15 is 0 Å². The van der Waals surface area contributed by atoms with E-state index in [0.717, 1.165) is 29.3 Å². The molecule has 1 aromatic heterocycles. The molecule has 0 amide bonds. The summed E-state index contributed by atoms with van der Waals surface area (Å²) in [6, 6.07) is 2.93. The number of anilines is 1. The molecule has 1 aliphatic rings. The summed E-state index contributed by atoms with van der Waals surface area (Å²) < 4.78 is 29.0. The zero-order valence-electron chi connectivity index (χ0n) is 9.36. The molecule has 0 spiro atoms. The van der Waals surface area contributed by atoms with Crippen molar-refractivity contribution >= 4 is 5.95 Å². The van der Waals surface area contributed by atoms with Gasteiger partial charge in [0.2, 0.25) is 5.95 Å². The van der Waals surface area contributed by atoms with Gasteiger partial charge in [0.15, 0.2) is 0 Å². The Labute approximate surface area is 101 Å². The van der Waals surface area contributed by atoms with Crippen LogP contribution in [0.3, 0.4) is 0 Å². The second kappa shape index (κ2) is 3.94. The average Bonchev–Trinajstić information content (AvgIpc) is 2.71. The topological polar surface area (TPSA) is 51.9 Å². The molecule has 1 aliphatic heterocycles. The van der Waals surface area contributed by atoms with Crippen LogP contribution in [0.15, 0.2) is 23.0 Å². The second-order valence-corrected chi connectivity index (χ2v) is 4.05. The molecule has 1 aromatic carbocycles. The van der Waals surface area contributed by atoms with E-state index in [2.05, 4.69) is 10.4 Å². The van der Waals surface area contributed by atoms with Gasteiger partial charge in [-0.1, -0.05) is 0 Å². The van der Waals surface area contributed by atoms with Crippen LogP contribution in [-0.4, -0.2) is 20.9 Å². The third kappa shape index (κ3) is 1.59. The van der Waals surface area contributed by atoms with Crippen molar-refractivity contribution in [3.63, 3.8) is 0 Å². The molecule has 94 valence electrons. The Balaban J connectivity index is 2.20. The molecule has 0 atom stereocenters. The lowest BCUT2D eigenvalue weighted by Crippen LogP contribution is -2.28. The van der Waals surface area contributed by atoms with Crippen molar-refractivity contribution in [3.8, 4) is 5.69 Å². The van der Waals surface area contributed by atoms with Crippen molar-refractivity contribution in [2.45, 2.75) is 13.0 Å². The molecule has 3 rings (SSSR count). The highest BCUT2D eigenvalue weighted by Crippen LogP contribution is 2.15. The van der Waals surface area contributed by atoms with Crippen LogP contribution in [0.25, 0.3) is 5.69 Å². The van der Waals surface area contributed by atoms with Gasteiger partial charge >= 0.3 is 5.69 Å². The zero-order chi connectivity index (χ0) is 12.7. The lowest BCUT2D eigenvalue weighted by molar-refractivity contribution is 0.578. The molecule has 0 radical (unpaired) electrons. The summed E-state index contributed by atoms with van der Waals surface area (Å²) in [5.74, 6) is -0.916. The first-order chi connectivity index (χ1) is 8.66. The molecule has 5 nitrogen and oxygen atoms in total. The minimum Gasteiger partial charge on any atom is -0.354 e. The third-order valence-electron chi connectivity index (χ3n) is 2.84. The normalized spacial score (nSPS) is 14.1. The number of halogens is 2. The largest absolute Gasteiger partial charge is 0.354 e. The Kier molecular flexibility index (Phi) is 2.39. The number of nitrogens with one attached hydrogen (secondary N) is 1. The van der Waals surface area contributed by atoms with Crippen LogP contribution < -0.4 is 11.0 Å². The van der Waals surface area contributed by atoms with Gasteiger partial charge in [-0.2, -0.15) is 4.68 Å². The molecule has 1 N–H and O–H groups in total. The van der Waals surface area contributed by atoms with E-state index in [1.807, 2.05) is 0 Å². The van der Waals surface area contributed by atoms with Crippen LogP contribution in [0.4, 0.5) is 14.7 Å². The predicted octanol–water partition coefficient (Wildman–Crippen LogP) is 1.13. The predicted molar refractivity (Wildman–Crippen MR) is 60.8 cm³/mol. The van der Waals surface area contributed by atoms with E-state index in [0.29, 0.717) is 19.0 Å². The Morgan fingerprint density at radius 1 is 1.33 bits per heavy atom. The molecular formula is C11H10F2N4O. The van der Waals surface area contributed by atoms with Crippen molar-refractivity contribution < 1.29 is 8.78 Å². The summed E-state index contributed by atoms with van der Waals surface area (Å²) >= 11 is 0. The highest BCUT2D eigenvalue weighted by Gasteiger charge is 2.19. The summed E-state index contributed by atoms with van der Waals surface area (Å²) in [5, 5.41) is 6.91. The van der Waals surface area contributed by atoms with Crippen LogP contribution in [-0.2, 0) is 6.54 Å². The number of rotatable bonds is 1. The van der Waals surface area contributed by atoms with E-state index < -0.39 is 17.3 Å². The number of fused-ring (bicyclic) bond motifs is 1. The van der Waals surface area contributed by atoms with E-state index in [4.69, 9.17) is 0 Å². The average molecular weight is 252 g/mol. The smallest absolute Gasteiger partial charge is 0.352 e. The van der Waals surface area contributed by atoms with Crippen molar-refractivity contribution in [1.29, 1.82) is 0 Å². The number of hydrogen-bond acceptors (Lipinski definition) is 3. The minimum absolute atomic E-state index is 0.177. The molecule has 0 saturated heterocycles. The second-order valence-electron chi connectivity index (χ2n) is 4.05. The van der Waals surface area contributed by atoms with Crippen molar-refractivity contribution in [3.05, 3.63) is 40.3 Å². The standard InChI is InChI=1S/C11H10F2N4O/c12-7-2-3-8(13)9(6-7)17-11(18)16-5-1-4-14-10(16)15-17/h2-3,6H,1,4-5H2,(H,14,15). The number of benzene rings is 1. The summed E-state index contributed by atoms with van der Waals surface area (Å²) in [6.07, 6.45) is 0.796. The minimum atomic E-state index is -0.686. The van der Waals surface area contributed by atoms with Crippen LogP contribution in [0.5, 0.6) is 0 Å². The maximum atomic E-state index is 13.6. The van der Waals surface area contributed by atoms with E-state index in [9.17, 15) is 13.6 Å². The Morgan fingerprint density at radius 2 is 2.17 bits per heavy atom. The van der Waals surface area contributed by atoms with E-state index in [1.165, 1.54) is 4.57 Å². The summed E-state index contributed by atoms with van der Waals surface area (Å²) in [7, 11) is 0. The highest BCUT2D eigenvalue weighted by molar-refractivity contribution is 5.35. The quantitative estimate of drug-likeness (QED) is 0.827. The van der Waals surface area contributed by atoms with E-state index in [-0.39, 0.29) is 5.69 Å². The van der Waals surface area contributed by atoms with Gasteiger partial charge in [-0.25, -0.2) is 13.6 Å². The summed E-state index contributed by atoms with van der Waals surface area (Å²) in [6.45, 7) is 1.24. The van der Waals surface area contributed by atoms with Gasteiger partial charge in [-0.15, -0.1) is 5.10 Å². The van der Waals surface area contributed by atoms with E-state index in [1.54, 1.807) is 0 Å². The third-order valence-corrected chi connectivity index (χ3v) is 2.84. The fraction of sp³-hybridized carbons (Fsp3) is 0.273. The first-order valence-corrected chi connectivity index (χ1v) is 5.56. The SMILES string of the molecule is O=c1n(-c2cc(F)ccc2F)nc2n1CCCN2. The van der Waals surface area contributed by atoms with Crippen LogP contribution in [0, 0.1) is 11.6 Å². The molecule has 0 saturated carbocycles. The molecule has 0 bridgehead atoms. The zero-order valence-corrected chi connectivity index (χ0v) is 9.36. The van der Waals surface area contributed by atoms with Gasteiger partial charge in [0, 0.05) is 19.2 Å². The first-order valence-electron chi connectivity index (χ1n) is 5.56. The van der Waals surface area contributed by atoms with Crippen molar-refractivity contribution in [2.75, 3.05) is 11.9 Å². The Hall–Kier alpha value is -2.18. The molecule has 18 heavy (non-hydrogen) atoms.